The Morgan fingerprint density at radius 2 is 0.929 bits per heavy atom. The summed E-state index contributed by atoms with van der Waals surface area (Å²) in [6.45, 7) is 0. The molecule has 10 aromatic rings. The summed E-state index contributed by atoms with van der Waals surface area (Å²) in [5, 5.41) is 2.57. The third-order valence-corrected chi connectivity index (χ3v) is 12.0. The molecule has 1 spiro atoms. The molecule has 0 amide bonds. The zero-order valence-corrected chi connectivity index (χ0v) is 30.4. The third-order valence-electron chi connectivity index (χ3n) is 12.0. The molecule has 0 radical (unpaired) electrons. The number of rotatable bonds is 4. The maximum absolute atomic E-state index is 5.09. The van der Waals surface area contributed by atoms with E-state index >= 15 is 0 Å². The fourth-order valence-corrected chi connectivity index (χ4v) is 9.64. The van der Waals surface area contributed by atoms with Crippen LogP contribution < -0.4 is 0 Å². The molecule has 0 fully saturated rings. The largest absolute Gasteiger partial charge is 0.309 e. The number of para-hydroxylation sites is 3. The van der Waals surface area contributed by atoms with Crippen LogP contribution in [0.15, 0.2) is 200 Å². The highest BCUT2D eigenvalue weighted by molar-refractivity contribution is 6.12. The van der Waals surface area contributed by atoms with E-state index in [0.717, 1.165) is 33.6 Å². The smallest absolute Gasteiger partial charge is 0.160 e. The third kappa shape index (κ3) is 4.28. The molecule has 56 heavy (non-hydrogen) atoms. The summed E-state index contributed by atoms with van der Waals surface area (Å²) >= 11 is 0. The maximum atomic E-state index is 5.09. The minimum absolute atomic E-state index is 0.484. The molecule has 12 rings (SSSR count). The van der Waals surface area contributed by atoms with Crippen molar-refractivity contribution in [2.75, 3.05) is 0 Å². The van der Waals surface area contributed by atoms with Gasteiger partial charge < -0.3 is 4.57 Å². The second kappa shape index (κ2) is 11.8. The van der Waals surface area contributed by atoms with Gasteiger partial charge in [-0.15, -0.1) is 0 Å². The van der Waals surface area contributed by atoms with Gasteiger partial charge in [0.05, 0.1) is 33.5 Å². The Bertz CT molecular complexity index is 3120. The van der Waals surface area contributed by atoms with E-state index in [1.807, 2.05) is 12.1 Å². The number of hydrogen-bond acceptors (Lipinski definition) is 2. The second-order valence-electron chi connectivity index (χ2n) is 14.9. The van der Waals surface area contributed by atoms with Gasteiger partial charge in [-0.05, 0) is 68.8 Å². The number of aromatic nitrogens is 3. The zero-order valence-electron chi connectivity index (χ0n) is 30.4. The molecule has 0 saturated heterocycles. The molecule has 1 aliphatic heterocycles. The standard InChI is InChI=1S/C53H33N3/c1-3-14-35(15-4-1)47-33-48(36-16-5-2-6-17-36)55-52(54-47)37-28-26-34(27-29-37)38-30-31-40-39-18-7-9-21-43(39)53(46(40)32-38)44-22-10-12-25-50(44)56-49-24-11-8-19-41(49)42-20-13-23-45(53)51(42)56/h1-33H. The molecule has 0 saturated carbocycles. The fourth-order valence-electron chi connectivity index (χ4n) is 9.64. The van der Waals surface area contributed by atoms with Crippen LogP contribution in [-0.4, -0.2) is 14.5 Å². The average molecular weight is 712 g/mol. The molecule has 2 aromatic heterocycles. The van der Waals surface area contributed by atoms with E-state index in [2.05, 4.69) is 193 Å². The predicted octanol–water partition coefficient (Wildman–Crippen LogP) is 12.9. The van der Waals surface area contributed by atoms with E-state index < -0.39 is 5.41 Å². The highest BCUT2D eigenvalue weighted by Crippen LogP contribution is 2.61. The summed E-state index contributed by atoms with van der Waals surface area (Å²) in [7, 11) is 0. The van der Waals surface area contributed by atoms with Gasteiger partial charge in [0, 0.05) is 27.5 Å². The van der Waals surface area contributed by atoms with Crippen molar-refractivity contribution >= 4 is 21.8 Å². The number of nitrogens with zero attached hydrogens (tertiary/aromatic N) is 3. The number of benzene rings is 8. The molecule has 1 atom stereocenters. The molecule has 1 unspecified atom stereocenters. The van der Waals surface area contributed by atoms with Gasteiger partial charge >= 0.3 is 0 Å². The van der Waals surface area contributed by atoms with Crippen molar-refractivity contribution in [3.63, 3.8) is 0 Å². The first-order valence-corrected chi connectivity index (χ1v) is 19.2. The van der Waals surface area contributed by atoms with Crippen LogP contribution in [0.2, 0.25) is 0 Å². The molecule has 260 valence electrons. The Balaban J connectivity index is 1.04. The summed E-state index contributed by atoms with van der Waals surface area (Å²) < 4.78 is 2.50. The molecule has 3 nitrogen and oxygen atoms in total. The summed E-state index contributed by atoms with van der Waals surface area (Å²) in [4.78, 5) is 10.2. The van der Waals surface area contributed by atoms with Crippen LogP contribution in [0, 0.1) is 0 Å². The zero-order chi connectivity index (χ0) is 36.8. The highest BCUT2D eigenvalue weighted by atomic mass is 15.0. The van der Waals surface area contributed by atoms with Crippen LogP contribution in [0.3, 0.4) is 0 Å². The lowest BCUT2D eigenvalue weighted by atomic mass is 9.65. The Hall–Kier alpha value is -7.36. The second-order valence-corrected chi connectivity index (χ2v) is 14.9. The molecule has 2 aliphatic rings. The maximum Gasteiger partial charge on any atom is 0.160 e. The van der Waals surface area contributed by atoms with Crippen LogP contribution in [-0.2, 0) is 5.41 Å². The lowest BCUT2D eigenvalue weighted by Gasteiger charge is -2.39. The van der Waals surface area contributed by atoms with Crippen LogP contribution in [0.25, 0.3) is 83.6 Å². The highest BCUT2D eigenvalue weighted by Gasteiger charge is 2.50. The van der Waals surface area contributed by atoms with Crippen molar-refractivity contribution in [1.82, 2.24) is 14.5 Å². The predicted molar refractivity (Wildman–Crippen MR) is 229 cm³/mol. The molecule has 8 aromatic carbocycles. The molecule has 3 heterocycles. The van der Waals surface area contributed by atoms with E-state index in [4.69, 9.17) is 9.97 Å². The minimum Gasteiger partial charge on any atom is -0.309 e. The normalized spacial score (nSPS) is 14.9. The quantitative estimate of drug-likeness (QED) is 0.182. The van der Waals surface area contributed by atoms with Crippen molar-refractivity contribution in [1.29, 1.82) is 0 Å². The summed E-state index contributed by atoms with van der Waals surface area (Å²) in [5.41, 5.74) is 18.4. The van der Waals surface area contributed by atoms with Gasteiger partial charge in [0.25, 0.3) is 0 Å². The molecule has 0 N–H and O–H groups in total. The van der Waals surface area contributed by atoms with E-state index in [0.29, 0.717) is 5.82 Å². The Labute approximate surface area is 324 Å². The average Bonchev–Trinajstić information content (AvgIpc) is 3.77. The number of hydrogen-bond donors (Lipinski definition) is 0. The van der Waals surface area contributed by atoms with Crippen molar-refractivity contribution < 1.29 is 0 Å². The summed E-state index contributed by atoms with van der Waals surface area (Å²) in [5.74, 6) is 0.711. The van der Waals surface area contributed by atoms with E-state index in [1.54, 1.807) is 0 Å². The lowest BCUT2D eigenvalue weighted by molar-refractivity contribution is 0.749. The van der Waals surface area contributed by atoms with Gasteiger partial charge in [-0.2, -0.15) is 0 Å². The molecular formula is C53H33N3. The fraction of sp³-hybridized carbons (Fsp3) is 0.0189. The Morgan fingerprint density at radius 3 is 1.70 bits per heavy atom. The lowest BCUT2D eigenvalue weighted by Crippen LogP contribution is -2.33. The monoisotopic (exact) mass is 711 g/mol. The topological polar surface area (TPSA) is 30.7 Å². The summed E-state index contributed by atoms with van der Waals surface area (Å²) in [6.07, 6.45) is 0. The Kier molecular flexibility index (Phi) is 6.55. The molecular weight excluding hydrogens is 679 g/mol. The van der Waals surface area contributed by atoms with E-state index in [-0.39, 0.29) is 0 Å². The van der Waals surface area contributed by atoms with Gasteiger partial charge in [-0.25, -0.2) is 9.97 Å². The van der Waals surface area contributed by atoms with Gasteiger partial charge in [-0.3, -0.25) is 0 Å². The van der Waals surface area contributed by atoms with Crippen LogP contribution in [0.4, 0.5) is 0 Å². The van der Waals surface area contributed by atoms with Gasteiger partial charge in [0.1, 0.15) is 0 Å². The van der Waals surface area contributed by atoms with Crippen molar-refractivity contribution in [2.24, 2.45) is 0 Å². The SMILES string of the molecule is c1ccc(-c2cc(-c3ccccc3)nc(-c3ccc(-c4ccc5c(c4)C4(c6ccccc6-5)c5ccccc5-n5c6ccccc6c6cccc4c65)cc3)n2)cc1. The van der Waals surface area contributed by atoms with Gasteiger partial charge in [0.15, 0.2) is 5.82 Å². The van der Waals surface area contributed by atoms with Crippen LogP contribution in [0.5, 0.6) is 0 Å². The van der Waals surface area contributed by atoms with Crippen molar-refractivity contribution in [3.05, 3.63) is 222 Å². The van der Waals surface area contributed by atoms with Gasteiger partial charge in [-0.1, -0.05) is 176 Å². The van der Waals surface area contributed by atoms with Crippen LogP contribution in [0.1, 0.15) is 22.3 Å². The van der Waals surface area contributed by atoms with Crippen molar-refractivity contribution in [3.8, 4) is 61.8 Å². The van der Waals surface area contributed by atoms with Crippen LogP contribution >= 0.6 is 0 Å². The van der Waals surface area contributed by atoms with E-state index in [9.17, 15) is 0 Å². The summed E-state index contributed by atoms with van der Waals surface area (Å²) in [6, 6.07) is 72.5. The molecule has 3 heteroatoms. The first-order valence-electron chi connectivity index (χ1n) is 19.2. The van der Waals surface area contributed by atoms with E-state index in [1.165, 1.54) is 66.4 Å². The first kappa shape index (κ1) is 31.0. The number of fused-ring (bicyclic) bond motifs is 12. The van der Waals surface area contributed by atoms with Crippen molar-refractivity contribution in [2.45, 2.75) is 5.41 Å². The minimum atomic E-state index is -0.484. The molecule has 0 bridgehead atoms. The first-order chi connectivity index (χ1) is 27.8. The van der Waals surface area contributed by atoms with Gasteiger partial charge in [0.2, 0.25) is 0 Å². The Morgan fingerprint density at radius 1 is 0.357 bits per heavy atom. The molecule has 1 aliphatic carbocycles.